The fraction of sp³-hybridized carbons (Fsp3) is 0.0588. The third-order valence-corrected chi connectivity index (χ3v) is 3.35. The number of hydrogen-bond acceptors (Lipinski definition) is 3. The average molecular weight is 298 g/mol. The number of carboxylic acid groups (broad SMARTS) is 1. The van der Waals surface area contributed by atoms with Crippen molar-refractivity contribution in [3.05, 3.63) is 69.6 Å². The highest BCUT2D eigenvalue weighted by molar-refractivity contribution is 5.98. The molecule has 0 aliphatic rings. The molecule has 0 spiro atoms. The maximum Gasteiger partial charge on any atom is 0.343 e. The molecule has 3 rings (SSSR count). The summed E-state index contributed by atoms with van der Waals surface area (Å²) in [5.74, 6) is -2.09. The number of carbonyl (C=O) groups is 1. The summed E-state index contributed by atoms with van der Waals surface area (Å²) in [6.45, 7) is 1.79. The van der Waals surface area contributed by atoms with Crippen LogP contribution in [0.2, 0.25) is 0 Å². The van der Waals surface area contributed by atoms with Crippen LogP contribution in [0.4, 0.5) is 4.39 Å². The molecule has 3 aromatic rings. The van der Waals surface area contributed by atoms with Crippen LogP contribution in [0.1, 0.15) is 15.9 Å². The second kappa shape index (κ2) is 5.11. The van der Waals surface area contributed by atoms with E-state index in [-0.39, 0.29) is 22.3 Å². The summed E-state index contributed by atoms with van der Waals surface area (Å²) in [4.78, 5) is 23.9. The van der Waals surface area contributed by atoms with Crippen LogP contribution < -0.4 is 5.43 Å². The zero-order chi connectivity index (χ0) is 15.9. The Hall–Kier alpha value is -2.95. The van der Waals surface area contributed by atoms with E-state index in [2.05, 4.69) is 0 Å². The molecule has 0 radical (unpaired) electrons. The summed E-state index contributed by atoms with van der Waals surface area (Å²) in [5, 5.41) is 9.54. The number of benzene rings is 2. The quantitative estimate of drug-likeness (QED) is 0.785. The molecule has 2 aromatic carbocycles. The van der Waals surface area contributed by atoms with Crippen LogP contribution in [0.15, 0.2) is 51.7 Å². The molecule has 0 atom stereocenters. The maximum absolute atomic E-state index is 13.4. The molecular formula is C17H11FO4. The highest BCUT2D eigenvalue weighted by Crippen LogP contribution is 2.27. The number of halogens is 1. The molecule has 1 heterocycles. The topological polar surface area (TPSA) is 67.5 Å². The lowest BCUT2D eigenvalue weighted by Crippen LogP contribution is -2.16. The van der Waals surface area contributed by atoms with Crippen molar-refractivity contribution in [1.82, 2.24) is 0 Å². The third kappa shape index (κ3) is 2.26. The Morgan fingerprint density at radius 2 is 1.95 bits per heavy atom. The Balaban J connectivity index is 2.44. The van der Waals surface area contributed by atoms with Crippen LogP contribution in [0.3, 0.4) is 0 Å². The minimum Gasteiger partial charge on any atom is -0.477 e. The van der Waals surface area contributed by atoms with E-state index < -0.39 is 22.8 Å². The van der Waals surface area contributed by atoms with Crippen molar-refractivity contribution >= 4 is 16.9 Å². The SMILES string of the molecule is Cc1ccc2oc(-c3cccc(F)c3)c(C(=O)O)c(=O)c2c1. The highest BCUT2D eigenvalue weighted by Gasteiger charge is 2.22. The van der Waals surface area contributed by atoms with Gasteiger partial charge in [-0.25, -0.2) is 9.18 Å². The Morgan fingerprint density at radius 3 is 2.64 bits per heavy atom. The van der Waals surface area contributed by atoms with Crippen molar-refractivity contribution in [3.8, 4) is 11.3 Å². The fourth-order valence-electron chi connectivity index (χ4n) is 2.34. The van der Waals surface area contributed by atoms with Crippen LogP contribution in [-0.4, -0.2) is 11.1 Å². The molecule has 0 amide bonds. The van der Waals surface area contributed by atoms with Gasteiger partial charge in [-0.2, -0.15) is 0 Å². The first kappa shape index (κ1) is 14.0. The number of rotatable bonds is 2. The van der Waals surface area contributed by atoms with Gasteiger partial charge in [-0.05, 0) is 31.2 Å². The molecule has 0 aliphatic carbocycles. The zero-order valence-corrected chi connectivity index (χ0v) is 11.6. The Labute approximate surface area is 124 Å². The van der Waals surface area contributed by atoms with Crippen LogP contribution in [0.5, 0.6) is 0 Å². The van der Waals surface area contributed by atoms with Crippen molar-refractivity contribution in [1.29, 1.82) is 0 Å². The van der Waals surface area contributed by atoms with Gasteiger partial charge in [-0.3, -0.25) is 4.79 Å². The highest BCUT2D eigenvalue weighted by atomic mass is 19.1. The summed E-state index contributed by atoms with van der Waals surface area (Å²) in [6, 6.07) is 10.2. The summed E-state index contributed by atoms with van der Waals surface area (Å²) >= 11 is 0. The number of carboxylic acids is 1. The number of fused-ring (bicyclic) bond motifs is 1. The van der Waals surface area contributed by atoms with E-state index >= 15 is 0 Å². The average Bonchev–Trinajstić information content (AvgIpc) is 2.47. The Morgan fingerprint density at radius 1 is 1.18 bits per heavy atom. The first-order chi connectivity index (χ1) is 10.5. The molecule has 4 nitrogen and oxygen atoms in total. The summed E-state index contributed by atoms with van der Waals surface area (Å²) < 4.78 is 19.0. The summed E-state index contributed by atoms with van der Waals surface area (Å²) in [7, 11) is 0. The molecule has 110 valence electrons. The Kier molecular flexibility index (Phi) is 3.25. The van der Waals surface area contributed by atoms with Crippen LogP contribution in [0.25, 0.3) is 22.3 Å². The zero-order valence-electron chi connectivity index (χ0n) is 11.6. The van der Waals surface area contributed by atoms with Crippen LogP contribution in [0, 0.1) is 12.7 Å². The smallest absolute Gasteiger partial charge is 0.343 e. The normalized spacial score (nSPS) is 10.8. The molecule has 0 saturated heterocycles. The van der Waals surface area contributed by atoms with Crippen molar-refractivity contribution in [2.75, 3.05) is 0 Å². The lowest BCUT2D eigenvalue weighted by molar-refractivity contribution is 0.0694. The van der Waals surface area contributed by atoms with Gasteiger partial charge in [0.2, 0.25) is 5.43 Å². The van der Waals surface area contributed by atoms with Gasteiger partial charge in [0.15, 0.2) is 11.3 Å². The molecule has 0 aliphatic heterocycles. The predicted molar refractivity (Wildman–Crippen MR) is 79.6 cm³/mol. The second-order valence-corrected chi connectivity index (χ2v) is 4.95. The van der Waals surface area contributed by atoms with Gasteiger partial charge in [0.25, 0.3) is 0 Å². The first-order valence-corrected chi connectivity index (χ1v) is 6.54. The number of hydrogen-bond donors (Lipinski definition) is 1. The third-order valence-electron chi connectivity index (χ3n) is 3.35. The lowest BCUT2D eigenvalue weighted by atomic mass is 10.0. The fourth-order valence-corrected chi connectivity index (χ4v) is 2.34. The molecule has 0 saturated carbocycles. The van der Waals surface area contributed by atoms with E-state index in [0.29, 0.717) is 0 Å². The summed E-state index contributed by atoms with van der Waals surface area (Å²) in [5.41, 5.74) is 0.145. The number of aryl methyl sites for hydroxylation is 1. The lowest BCUT2D eigenvalue weighted by Gasteiger charge is -2.08. The maximum atomic E-state index is 13.4. The molecule has 0 fully saturated rings. The molecule has 0 bridgehead atoms. The van der Waals surface area contributed by atoms with Crippen molar-refractivity contribution in [2.45, 2.75) is 6.92 Å². The van der Waals surface area contributed by atoms with E-state index in [1.807, 2.05) is 0 Å². The minimum absolute atomic E-state index is 0.145. The second-order valence-electron chi connectivity index (χ2n) is 4.95. The van der Waals surface area contributed by atoms with Gasteiger partial charge in [0.05, 0.1) is 5.39 Å². The van der Waals surface area contributed by atoms with Crippen molar-refractivity contribution < 1.29 is 18.7 Å². The predicted octanol–water partition coefficient (Wildman–Crippen LogP) is 3.61. The van der Waals surface area contributed by atoms with Gasteiger partial charge in [0, 0.05) is 5.56 Å². The van der Waals surface area contributed by atoms with E-state index in [4.69, 9.17) is 4.42 Å². The molecule has 22 heavy (non-hydrogen) atoms. The first-order valence-electron chi connectivity index (χ1n) is 6.54. The molecule has 1 aromatic heterocycles. The van der Waals surface area contributed by atoms with E-state index in [0.717, 1.165) is 11.6 Å². The standard InChI is InChI=1S/C17H11FO4/c1-9-5-6-13-12(7-9)15(19)14(17(20)21)16(22-13)10-3-2-4-11(18)8-10/h2-8H,1H3,(H,20,21). The van der Waals surface area contributed by atoms with E-state index in [9.17, 15) is 19.1 Å². The van der Waals surface area contributed by atoms with Crippen molar-refractivity contribution in [3.63, 3.8) is 0 Å². The minimum atomic E-state index is -1.41. The Bertz CT molecular complexity index is 957. The molecular weight excluding hydrogens is 287 g/mol. The molecule has 0 unspecified atom stereocenters. The van der Waals surface area contributed by atoms with E-state index in [1.54, 1.807) is 25.1 Å². The van der Waals surface area contributed by atoms with Crippen LogP contribution in [-0.2, 0) is 0 Å². The monoisotopic (exact) mass is 298 g/mol. The molecule has 5 heteroatoms. The van der Waals surface area contributed by atoms with Gasteiger partial charge < -0.3 is 9.52 Å². The van der Waals surface area contributed by atoms with Crippen molar-refractivity contribution in [2.24, 2.45) is 0 Å². The largest absolute Gasteiger partial charge is 0.477 e. The van der Waals surface area contributed by atoms with E-state index in [1.165, 1.54) is 18.2 Å². The van der Waals surface area contributed by atoms with Gasteiger partial charge in [0.1, 0.15) is 11.4 Å². The molecule has 1 N–H and O–H groups in total. The van der Waals surface area contributed by atoms with Gasteiger partial charge in [-0.15, -0.1) is 0 Å². The van der Waals surface area contributed by atoms with Gasteiger partial charge in [-0.1, -0.05) is 23.8 Å². The number of aromatic carboxylic acids is 1. The summed E-state index contributed by atoms with van der Waals surface area (Å²) in [6.07, 6.45) is 0. The van der Waals surface area contributed by atoms with Crippen LogP contribution >= 0.6 is 0 Å². The van der Waals surface area contributed by atoms with Gasteiger partial charge >= 0.3 is 5.97 Å².